The molecule has 0 rings (SSSR count). The average molecular weight is 278 g/mol. The molecule has 0 aromatic carbocycles. The van der Waals surface area contributed by atoms with Gasteiger partial charge in [-0.3, -0.25) is 0 Å². The van der Waals surface area contributed by atoms with E-state index < -0.39 is 0 Å². The molecule has 4 heteroatoms. The van der Waals surface area contributed by atoms with E-state index in [4.69, 9.17) is 0 Å². The van der Waals surface area contributed by atoms with Crippen LogP contribution in [0.15, 0.2) is 0 Å². The molecule has 0 saturated heterocycles. The summed E-state index contributed by atoms with van der Waals surface area (Å²) in [6.07, 6.45) is 0. The summed E-state index contributed by atoms with van der Waals surface area (Å²) in [7, 11) is 9.06. The van der Waals surface area contributed by atoms with E-state index in [1.54, 1.807) is 0 Å². The first-order valence-electron chi connectivity index (χ1n) is 0.253. The van der Waals surface area contributed by atoms with Gasteiger partial charge in [0.15, 0.2) is 0 Å². The molecule has 0 aliphatic heterocycles. The molecule has 0 fully saturated rings. The van der Waals surface area contributed by atoms with Gasteiger partial charge in [0.05, 0.1) is 0 Å². The van der Waals surface area contributed by atoms with Crippen molar-refractivity contribution in [3.05, 3.63) is 0 Å². The van der Waals surface area contributed by atoms with E-state index in [0.717, 1.165) is 0 Å². The van der Waals surface area contributed by atoms with Crippen LogP contribution in [0.2, 0.25) is 0 Å². The molecule has 0 spiro atoms. The van der Waals surface area contributed by atoms with Crippen molar-refractivity contribution in [3.8, 4) is 0 Å². The summed E-state index contributed by atoms with van der Waals surface area (Å²) >= 11 is 4.04. The Kier molecular flexibility index (Phi) is 48.5. The van der Waals surface area contributed by atoms with Crippen LogP contribution < -0.4 is 0 Å². The Labute approximate surface area is 54.3 Å². The van der Waals surface area contributed by atoms with Gasteiger partial charge in [-0.25, -0.2) is 0 Å². The fourth-order valence-corrected chi connectivity index (χ4v) is 0. The van der Waals surface area contributed by atoms with Crippen molar-refractivity contribution in [2.75, 3.05) is 0 Å². The fraction of sp³-hybridized carbons (Fsp3) is 0. The molecular formula is Cl2PdRu. The second kappa shape index (κ2) is 20.9. The zero-order chi connectivity index (χ0) is 4.00. The summed E-state index contributed by atoms with van der Waals surface area (Å²) in [6, 6.07) is 0. The number of halogens is 2. The van der Waals surface area contributed by atoms with Gasteiger partial charge in [-0.15, -0.1) is 0 Å². The summed E-state index contributed by atoms with van der Waals surface area (Å²) in [4.78, 5) is 0. The maximum absolute atomic E-state index is 4.57. The number of hydrogen-bond donors (Lipinski definition) is 0. The van der Waals surface area contributed by atoms with Crippen LogP contribution in [0, 0.1) is 0 Å². The SMILES string of the molecule is [Cl][Pd].[Cl][Ru]. The summed E-state index contributed by atoms with van der Waals surface area (Å²) in [5, 5.41) is 0. The Bertz CT molecular complexity index is 6.00. The minimum atomic E-state index is 1.82. The molecule has 0 aliphatic carbocycles. The molecule has 4 heavy (non-hydrogen) atoms. The third-order valence-corrected chi connectivity index (χ3v) is 0. The summed E-state index contributed by atoms with van der Waals surface area (Å²) in [5.41, 5.74) is 0. The Morgan fingerprint density at radius 2 is 1.25 bits per heavy atom. The van der Waals surface area contributed by atoms with Crippen LogP contribution in [0.1, 0.15) is 0 Å². The first kappa shape index (κ1) is 9.29. The summed E-state index contributed by atoms with van der Waals surface area (Å²) < 4.78 is 0. The van der Waals surface area contributed by atoms with Crippen molar-refractivity contribution in [2.24, 2.45) is 0 Å². The first-order chi connectivity index (χ1) is 2.00. The molecule has 0 aliphatic rings. The third kappa shape index (κ3) is 9.12. The van der Waals surface area contributed by atoms with Crippen molar-refractivity contribution in [2.45, 2.75) is 0 Å². The van der Waals surface area contributed by atoms with Gasteiger partial charge in [0, 0.05) is 0 Å². The van der Waals surface area contributed by atoms with Crippen LogP contribution >= 0.6 is 19.2 Å². The normalized spacial score (nSPS) is 3.25. The van der Waals surface area contributed by atoms with Gasteiger partial charge in [0.25, 0.3) is 0 Å². The summed E-state index contributed by atoms with van der Waals surface area (Å²) in [5.74, 6) is 0. The monoisotopic (exact) mass is 278 g/mol. The van der Waals surface area contributed by atoms with E-state index in [-0.39, 0.29) is 0 Å². The van der Waals surface area contributed by atoms with Gasteiger partial charge in [-0.05, 0) is 0 Å². The molecule has 0 radical (unpaired) electrons. The Balaban J connectivity index is 0. The Morgan fingerprint density at radius 3 is 1.25 bits per heavy atom. The molecule has 0 aromatic rings. The molecule has 0 bridgehead atoms. The summed E-state index contributed by atoms with van der Waals surface area (Å²) in [6.45, 7) is 0. The van der Waals surface area contributed by atoms with Crippen LogP contribution in [0.3, 0.4) is 0 Å². The molecule has 0 heterocycles. The van der Waals surface area contributed by atoms with Gasteiger partial charge in [-0.2, -0.15) is 0 Å². The standard InChI is InChI=1S/2ClH.Pd.Ru/h2*1H;;/q;;2*+1/p-2. The van der Waals surface area contributed by atoms with E-state index in [1.165, 1.54) is 0 Å². The van der Waals surface area contributed by atoms with Crippen molar-refractivity contribution in [1.82, 2.24) is 0 Å². The van der Waals surface area contributed by atoms with Gasteiger partial charge >= 0.3 is 54.7 Å². The molecule has 0 atom stereocenters. The van der Waals surface area contributed by atoms with Gasteiger partial charge in [0.1, 0.15) is 0 Å². The van der Waals surface area contributed by atoms with Crippen molar-refractivity contribution < 1.29 is 35.5 Å². The van der Waals surface area contributed by atoms with E-state index in [2.05, 4.69) is 37.4 Å². The molecule has 32 valence electrons. The zero-order valence-corrected chi connectivity index (χ0v) is 6.23. The zero-order valence-electron chi connectivity index (χ0n) is 1.43. The third-order valence-electron chi connectivity index (χ3n) is 0. The second-order valence-electron chi connectivity index (χ2n) is 0. The predicted molar refractivity (Wildman–Crippen MR) is 11.7 cm³/mol. The predicted octanol–water partition coefficient (Wildman–Crippen LogP) is 1.37. The van der Waals surface area contributed by atoms with Crippen LogP contribution in [0.25, 0.3) is 0 Å². The molecule has 0 N–H and O–H groups in total. The van der Waals surface area contributed by atoms with Crippen LogP contribution in [-0.4, -0.2) is 0 Å². The maximum atomic E-state index is 4.57. The van der Waals surface area contributed by atoms with Crippen molar-refractivity contribution in [3.63, 3.8) is 0 Å². The van der Waals surface area contributed by atoms with E-state index >= 15 is 0 Å². The molecule has 0 unspecified atom stereocenters. The average Bonchev–Trinajstić information content (AvgIpc) is 1.50. The minimum absolute atomic E-state index is 1.82. The molecule has 0 aromatic heterocycles. The van der Waals surface area contributed by atoms with Crippen molar-refractivity contribution in [1.29, 1.82) is 0 Å². The Hall–Kier alpha value is 1.87. The molecule has 0 saturated carbocycles. The Morgan fingerprint density at radius 1 is 1.25 bits per heavy atom. The van der Waals surface area contributed by atoms with Crippen molar-refractivity contribution >= 4 is 19.2 Å². The second-order valence-corrected chi connectivity index (χ2v) is 0. The number of rotatable bonds is 0. The van der Waals surface area contributed by atoms with Gasteiger partial charge in [-0.1, -0.05) is 0 Å². The molecular weight excluding hydrogens is 278 g/mol. The number of hydrogen-bond acceptors (Lipinski definition) is 0. The van der Waals surface area contributed by atoms with E-state index in [9.17, 15) is 0 Å². The topological polar surface area (TPSA) is 0 Å². The van der Waals surface area contributed by atoms with E-state index in [1.807, 2.05) is 17.3 Å². The van der Waals surface area contributed by atoms with Crippen LogP contribution in [-0.2, 0) is 35.5 Å². The first-order valence-corrected chi connectivity index (χ1v) is 4.49. The van der Waals surface area contributed by atoms with Crippen LogP contribution in [0.4, 0.5) is 0 Å². The fourth-order valence-electron chi connectivity index (χ4n) is 0. The quantitative estimate of drug-likeness (QED) is 0.587. The van der Waals surface area contributed by atoms with E-state index in [0.29, 0.717) is 0 Å². The molecule has 0 nitrogen and oxygen atoms in total. The van der Waals surface area contributed by atoms with Gasteiger partial charge < -0.3 is 0 Å². The van der Waals surface area contributed by atoms with Gasteiger partial charge in [0.2, 0.25) is 0 Å². The molecule has 0 amide bonds. The van der Waals surface area contributed by atoms with Crippen LogP contribution in [0.5, 0.6) is 0 Å².